The molecule has 4 nitrogen and oxygen atoms in total. The number of aliphatic hydroxyl groups excluding tert-OH is 1. The summed E-state index contributed by atoms with van der Waals surface area (Å²) in [5.74, 6) is -0.635. The summed E-state index contributed by atoms with van der Waals surface area (Å²) in [5, 5.41) is 8.86. The smallest absolute Gasteiger partial charge is 0.164 e. The van der Waals surface area contributed by atoms with E-state index in [0.29, 0.717) is 13.2 Å². The molecular weight excluding hydrogens is 268 g/mol. The van der Waals surface area contributed by atoms with Gasteiger partial charge in [-0.1, -0.05) is 42.5 Å². The van der Waals surface area contributed by atoms with Gasteiger partial charge in [-0.15, -0.1) is 0 Å². The van der Waals surface area contributed by atoms with Gasteiger partial charge in [0.05, 0.1) is 32.0 Å². The maximum Gasteiger partial charge on any atom is 0.164 e. The SMILES string of the molecule is CC1(C)O[C@@H](COCc2ccccc2)C[C@H](/C=C/CO)O1. The molecule has 2 rings (SSSR count). The highest BCUT2D eigenvalue weighted by molar-refractivity contribution is 5.13. The van der Waals surface area contributed by atoms with E-state index in [1.807, 2.05) is 50.3 Å². The maximum absolute atomic E-state index is 8.86. The van der Waals surface area contributed by atoms with Crippen LogP contribution in [0.25, 0.3) is 0 Å². The molecule has 0 aliphatic carbocycles. The third kappa shape index (κ3) is 5.59. The Labute approximate surface area is 126 Å². The molecular formula is C17H24O4. The standard InChI is InChI=1S/C17H24O4/c1-17(2)20-15(9-6-10-18)11-16(21-17)13-19-12-14-7-4-3-5-8-14/h3-9,15-16,18H,10-13H2,1-2H3/b9-6+/t15-,16+/m0/s1. The zero-order chi connectivity index (χ0) is 15.1. The highest BCUT2D eigenvalue weighted by Crippen LogP contribution is 2.27. The van der Waals surface area contributed by atoms with Gasteiger partial charge in [0.1, 0.15) is 0 Å². The number of hydrogen-bond acceptors (Lipinski definition) is 4. The monoisotopic (exact) mass is 292 g/mol. The molecule has 0 amide bonds. The maximum atomic E-state index is 8.86. The van der Waals surface area contributed by atoms with Crippen LogP contribution in [0.4, 0.5) is 0 Å². The van der Waals surface area contributed by atoms with Gasteiger partial charge in [0.2, 0.25) is 0 Å². The van der Waals surface area contributed by atoms with Crippen molar-refractivity contribution in [2.75, 3.05) is 13.2 Å². The Kier molecular flexibility index (Phi) is 5.94. The number of hydrogen-bond donors (Lipinski definition) is 1. The van der Waals surface area contributed by atoms with Crippen molar-refractivity contribution < 1.29 is 19.3 Å². The van der Waals surface area contributed by atoms with Gasteiger partial charge in [0, 0.05) is 6.42 Å². The molecule has 0 saturated carbocycles. The first kappa shape index (κ1) is 16.2. The first-order valence-electron chi connectivity index (χ1n) is 7.34. The third-order valence-corrected chi connectivity index (χ3v) is 3.25. The Morgan fingerprint density at radius 1 is 1.29 bits per heavy atom. The minimum atomic E-state index is -0.635. The Morgan fingerprint density at radius 3 is 2.76 bits per heavy atom. The van der Waals surface area contributed by atoms with Crippen LogP contribution in [0.3, 0.4) is 0 Å². The fourth-order valence-electron chi connectivity index (χ4n) is 2.46. The quantitative estimate of drug-likeness (QED) is 0.819. The van der Waals surface area contributed by atoms with Gasteiger partial charge in [0.25, 0.3) is 0 Å². The minimum absolute atomic E-state index is 0.00851. The van der Waals surface area contributed by atoms with Crippen LogP contribution in [-0.4, -0.2) is 36.3 Å². The Balaban J connectivity index is 1.82. The Morgan fingerprint density at radius 2 is 2.05 bits per heavy atom. The minimum Gasteiger partial charge on any atom is -0.392 e. The second kappa shape index (κ2) is 7.71. The van der Waals surface area contributed by atoms with Crippen LogP contribution in [0, 0.1) is 0 Å². The van der Waals surface area contributed by atoms with Crippen molar-refractivity contribution in [3.8, 4) is 0 Å². The van der Waals surface area contributed by atoms with Crippen LogP contribution in [0.2, 0.25) is 0 Å². The molecule has 0 aromatic heterocycles. The molecule has 1 aliphatic heterocycles. The Bertz CT molecular complexity index is 441. The zero-order valence-corrected chi connectivity index (χ0v) is 12.7. The lowest BCUT2D eigenvalue weighted by Gasteiger charge is -2.39. The molecule has 1 aromatic carbocycles. The summed E-state index contributed by atoms with van der Waals surface area (Å²) in [6.07, 6.45) is 4.26. The van der Waals surface area contributed by atoms with E-state index in [9.17, 15) is 0 Å². The topological polar surface area (TPSA) is 47.9 Å². The fraction of sp³-hybridized carbons (Fsp3) is 0.529. The average molecular weight is 292 g/mol. The molecule has 4 heteroatoms. The number of rotatable bonds is 6. The van der Waals surface area contributed by atoms with E-state index in [0.717, 1.165) is 12.0 Å². The lowest BCUT2D eigenvalue weighted by Crippen LogP contribution is -2.45. The summed E-state index contributed by atoms with van der Waals surface area (Å²) >= 11 is 0. The van der Waals surface area contributed by atoms with E-state index in [2.05, 4.69) is 0 Å². The number of aliphatic hydroxyl groups is 1. The molecule has 2 atom stereocenters. The predicted molar refractivity (Wildman–Crippen MR) is 80.8 cm³/mol. The summed E-state index contributed by atoms with van der Waals surface area (Å²) < 4.78 is 17.4. The molecule has 0 unspecified atom stereocenters. The first-order valence-corrected chi connectivity index (χ1v) is 7.34. The average Bonchev–Trinajstić information content (AvgIpc) is 2.45. The molecule has 0 bridgehead atoms. The van der Waals surface area contributed by atoms with Gasteiger partial charge in [-0.25, -0.2) is 0 Å². The van der Waals surface area contributed by atoms with Crippen molar-refractivity contribution in [3.05, 3.63) is 48.0 Å². The number of benzene rings is 1. The normalized spacial score (nSPS) is 25.3. The van der Waals surface area contributed by atoms with E-state index in [1.165, 1.54) is 0 Å². The van der Waals surface area contributed by atoms with Crippen molar-refractivity contribution in [1.82, 2.24) is 0 Å². The first-order chi connectivity index (χ1) is 10.1. The summed E-state index contributed by atoms with van der Waals surface area (Å²) in [4.78, 5) is 0. The molecule has 1 aromatic rings. The van der Waals surface area contributed by atoms with Gasteiger partial charge < -0.3 is 19.3 Å². The van der Waals surface area contributed by atoms with Crippen LogP contribution in [0.15, 0.2) is 42.5 Å². The molecule has 21 heavy (non-hydrogen) atoms. The van der Waals surface area contributed by atoms with Crippen LogP contribution in [-0.2, 0) is 20.8 Å². The molecule has 0 radical (unpaired) electrons. The van der Waals surface area contributed by atoms with Gasteiger partial charge in [-0.3, -0.25) is 0 Å². The van der Waals surface area contributed by atoms with E-state index in [-0.39, 0.29) is 18.8 Å². The van der Waals surface area contributed by atoms with Gasteiger partial charge in [-0.05, 0) is 19.4 Å². The molecule has 0 spiro atoms. The highest BCUT2D eigenvalue weighted by atomic mass is 16.7. The third-order valence-electron chi connectivity index (χ3n) is 3.25. The fourth-order valence-corrected chi connectivity index (χ4v) is 2.46. The molecule has 1 aliphatic rings. The highest BCUT2D eigenvalue weighted by Gasteiger charge is 2.34. The largest absolute Gasteiger partial charge is 0.392 e. The zero-order valence-electron chi connectivity index (χ0n) is 12.7. The van der Waals surface area contributed by atoms with Crippen molar-refractivity contribution in [3.63, 3.8) is 0 Å². The van der Waals surface area contributed by atoms with Crippen LogP contribution in [0.5, 0.6) is 0 Å². The molecule has 1 N–H and O–H groups in total. The van der Waals surface area contributed by atoms with Crippen LogP contribution in [0.1, 0.15) is 25.8 Å². The van der Waals surface area contributed by atoms with Gasteiger partial charge in [-0.2, -0.15) is 0 Å². The Hall–Kier alpha value is -1.20. The van der Waals surface area contributed by atoms with Crippen molar-refractivity contribution >= 4 is 0 Å². The van der Waals surface area contributed by atoms with E-state index < -0.39 is 5.79 Å². The van der Waals surface area contributed by atoms with Crippen molar-refractivity contribution in [1.29, 1.82) is 0 Å². The van der Waals surface area contributed by atoms with E-state index in [1.54, 1.807) is 6.08 Å². The number of ether oxygens (including phenoxy) is 3. The second-order valence-electron chi connectivity index (χ2n) is 5.64. The van der Waals surface area contributed by atoms with Crippen molar-refractivity contribution in [2.24, 2.45) is 0 Å². The van der Waals surface area contributed by atoms with E-state index >= 15 is 0 Å². The van der Waals surface area contributed by atoms with Gasteiger partial charge >= 0.3 is 0 Å². The lowest BCUT2D eigenvalue weighted by atomic mass is 10.1. The molecule has 1 heterocycles. The summed E-state index contributed by atoms with van der Waals surface area (Å²) in [6.45, 7) is 4.94. The summed E-state index contributed by atoms with van der Waals surface area (Å²) in [5.41, 5.74) is 1.15. The molecule has 1 fully saturated rings. The van der Waals surface area contributed by atoms with Crippen LogP contribution >= 0.6 is 0 Å². The summed E-state index contributed by atoms with van der Waals surface area (Å²) in [6, 6.07) is 10.1. The van der Waals surface area contributed by atoms with E-state index in [4.69, 9.17) is 19.3 Å². The van der Waals surface area contributed by atoms with Gasteiger partial charge in [0.15, 0.2) is 5.79 Å². The molecule has 116 valence electrons. The summed E-state index contributed by atoms with van der Waals surface area (Å²) in [7, 11) is 0. The lowest BCUT2D eigenvalue weighted by molar-refractivity contribution is -0.297. The van der Waals surface area contributed by atoms with Crippen LogP contribution < -0.4 is 0 Å². The molecule has 1 saturated heterocycles. The van der Waals surface area contributed by atoms with Crippen molar-refractivity contribution in [2.45, 2.75) is 44.9 Å². The second-order valence-corrected chi connectivity index (χ2v) is 5.64. The predicted octanol–water partition coefficient (Wildman–Crippen LogP) is 2.66.